The molecule has 150 valence electrons. The standard InChI is InChI=1S/C19H26ClN3O3.ClH/c1-3-4-10-23-17(20)15(14(2)21-23)5-6-16(24)22-11-7-19(8-12-22)9-13-26-18(19)25;/h5-6H,3-4,7-13H2,1-2H3;1H/b6-5+;. The summed E-state index contributed by atoms with van der Waals surface area (Å²) in [5.41, 5.74) is 1.26. The first kappa shape index (κ1) is 21.8. The number of piperidine rings is 1. The fourth-order valence-corrected chi connectivity index (χ4v) is 4.00. The zero-order chi connectivity index (χ0) is 18.7. The van der Waals surface area contributed by atoms with Gasteiger partial charge < -0.3 is 9.64 Å². The highest BCUT2D eigenvalue weighted by Crippen LogP contribution is 2.40. The van der Waals surface area contributed by atoms with Crippen LogP contribution in [-0.4, -0.2) is 46.3 Å². The number of likely N-dealkylation sites (tertiary alicyclic amines) is 1. The largest absolute Gasteiger partial charge is 0.465 e. The highest BCUT2D eigenvalue weighted by Gasteiger charge is 2.46. The van der Waals surface area contributed by atoms with Crippen LogP contribution in [0.4, 0.5) is 0 Å². The number of nitrogens with zero attached hydrogens (tertiary/aromatic N) is 3. The Bertz CT molecular complexity index is 722. The van der Waals surface area contributed by atoms with E-state index in [4.69, 9.17) is 16.3 Å². The molecule has 0 aliphatic carbocycles. The number of aryl methyl sites for hydroxylation is 2. The van der Waals surface area contributed by atoms with E-state index < -0.39 is 0 Å². The second-order valence-electron chi connectivity index (χ2n) is 7.19. The lowest BCUT2D eigenvalue weighted by atomic mass is 9.77. The normalized spacial score (nSPS) is 18.8. The van der Waals surface area contributed by atoms with Crippen LogP contribution in [0.25, 0.3) is 6.08 Å². The van der Waals surface area contributed by atoms with Crippen LogP contribution in [0.1, 0.15) is 50.3 Å². The number of hydrogen-bond acceptors (Lipinski definition) is 4. The van der Waals surface area contributed by atoms with Gasteiger partial charge in [0.05, 0.1) is 17.7 Å². The quantitative estimate of drug-likeness (QED) is 0.543. The zero-order valence-electron chi connectivity index (χ0n) is 15.9. The maximum absolute atomic E-state index is 12.5. The molecule has 6 nitrogen and oxygen atoms in total. The molecule has 3 rings (SSSR count). The third-order valence-electron chi connectivity index (χ3n) is 5.50. The number of ether oxygens (including phenoxy) is 1. The van der Waals surface area contributed by atoms with Crippen molar-refractivity contribution in [1.82, 2.24) is 14.7 Å². The van der Waals surface area contributed by atoms with Crippen molar-refractivity contribution >= 4 is 42.0 Å². The third kappa shape index (κ3) is 4.49. The number of aromatic nitrogens is 2. The molecule has 8 heteroatoms. The second-order valence-corrected chi connectivity index (χ2v) is 7.55. The molecule has 0 saturated carbocycles. The molecule has 27 heavy (non-hydrogen) atoms. The topological polar surface area (TPSA) is 64.4 Å². The predicted octanol–water partition coefficient (Wildman–Crippen LogP) is 3.64. The van der Waals surface area contributed by atoms with Crippen molar-refractivity contribution in [2.45, 2.75) is 52.5 Å². The Morgan fingerprint density at radius 2 is 2.04 bits per heavy atom. The van der Waals surface area contributed by atoms with Gasteiger partial charge in [-0.25, -0.2) is 0 Å². The van der Waals surface area contributed by atoms with Gasteiger partial charge in [-0.1, -0.05) is 24.9 Å². The molecule has 0 bridgehead atoms. The highest BCUT2D eigenvalue weighted by molar-refractivity contribution is 6.31. The number of carbonyl (C=O) groups excluding carboxylic acids is 2. The Balaban J connectivity index is 0.00000261. The van der Waals surface area contributed by atoms with Crippen LogP contribution < -0.4 is 0 Å². The summed E-state index contributed by atoms with van der Waals surface area (Å²) in [4.78, 5) is 26.2. The number of unbranched alkanes of at least 4 members (excludes halogenated alkanes) is 1. The van der Waals surface area contributed by atoms with E-state index in [0.29, 0.717) is 37.7 Å². The van der Waals surface area contributed by atoms with Crippen molar-refractivity contribution < 1.29 is 14.3 Å². The molecular formula is C19H27Cl2N3O3. The molecule has 2 aliphatic rings. The summed E-state index contributed by atoms with van der Waals surface area (Å²) in [6.07, 6.45) is 7.54. The van der Waals surface area contributed by atoms with Crippen LogP contribution in [0.3, 0.4) is 0 Å². The second kappa shape index (κ2) is 9.11. The van der Waals surface area contributed by atoms with Gasteiger partial charge in [0.15, 0.2) is 0 Å². The Kier molecular flexibility index (Phi) is 7.34. The van der Waals surface area contributed by atoms with Crippen LogP contribution in [0, 0.1) is 12.3 Å². The number of hydrogen-bond donors (Lipinski definition) is 0. The molecule has 2 saturated heterocycles. The van der Waals surface area contributed by atoms with E-state index in [-0.39, 0.29) is 29.7 Å². The van der Waals surface area contributed by atoms with Gasteiger partial charge in [0.1, 0.15) is 5.15 Å². The first-order valence-corrected chi connectivity index (χ1v) is 9.72. The summed E-state index contributed by atoms with van der Waals surface area (Å²) in [5, 5.41) is 5.03. The number of halogens is 2. The van der Waals surface area contributed by atoms with E-state index in [1.165, 1.54) is 0 Å². The van der Waals surface area contributed by atoms with Gasteiger partial charge in [0, 0.05) is 31.3 Å². The number of carbonyl (C=O) groups is 2. The van der Waals surface area contributed by atoms with Crippen molar-refractivity contribution in [2.75, 3.05) is 19.7 Å². The van der Waals surface area contributed by atoms with Crippen LogP contribution in [-0.2, 0) is 20.9 Å². The number of esters is 1. The van der Waals surface area contributed by atoms with Crippen LogP contribution in [0.15, 0.2) is 6.08 Å². The molecule has 3 heterocycles. The third-order valence-corrected chi connectivity index (χ3v) is 5.90. The van der Waals surface area contributed by atoms with Crippen LogP contribution in [0.2, 0.25) is 5.15 Å². The smallest absolute Gasteiger partial charge is 0.312 e. The van der Waals surface area contributed by atoms with Crippen molar-refractivity contribution in [3.05, 3.63) is 22.5 Å². The minimum atomic E-state index is -0.360. The molecule has 2 fully saturated rings. The molecule has 0 radical (unpaired) electrons. The van der Waals surface area contributed by atoms with Gasteiger partial charge >= 0.3 is 5.97 Å². The summed E-state index contributed by atoms with van der Waals surface area (Å²) in [7, 11) is 0. The van der Waals surface area contributed by atoms with Crippen molar-refractivity contribution in [3.8, 4) is 0 Å². The summed E-state index contributed by atoms with van der Waals surface area (Å²) in [5.74, 6) is -0.148. The van der Waals surface area contributed by atoms with E-state index in [2.05, 4.69) is 12.0 Å². The lowest BCUT2D eigenvalue weighted by Gasteiger charge is -2.35. The lowest BCUT2D eigenvalue weighted by molar-refractivity contribution is -0.149. The Morgan fingerprint density at radius 3 is 2.63 bits per heavy atom. The summed E-state index contributed by atoms with van der Waals surface area (Å²) < 4.78 is 6.92. The molecule has 0 N–H and O–H groups in total. The van der Waals surface area contributed by atoms with Gasteiger partial charge in [-0.15, -0.1) is 12.4 Å². The van der Waals surface area contributed by atoms with Crippen LogP contribution >= 0.6 is 24.0 Å². The summed E-state index contributed by atoms with van der Waals surface area (Å²) in [6, 6.07) is 0. The van der Waals surface area contributed by atoms with Gasteiger partial charge in [-0.2, -0.15) is 5.10 Å². The average Bonchev–Trinajstić information content (AvgIpc) is 3.11. The molecule has 1 amide bonds. The average molecular weight is 416 g/mol. The highest BCUT2D eigenvalue weighted by atomic mass is 35.5. The van der Waals surface area contributed by atoms with Gasteiger partial charge in [0.25, 0.3) is 0 Å². The molecule has 0 aromatic carbocycles. The van der Waals surface area contributed by atoms with E-state index in [0.717, 1.165) is 37.1 Å². The molecule has 1 aromatic rings. The zero-order valence-corrected chi connectivity index (χ0v) is 17.4. The first-order chi connectivity index (χ1) is 12.5. The van der Waals surface area contributed by atoms with E-state index in [1.807, 2.05) is 6.92 Å². The van der Waals surface area contributed by atoms with Gasteiger partial charge in [-0.3, -0.25) is 14.3 Å². The predicted molar refractivity (Wildman–Crippen MR) is 107 cm³/mol. The molecule has 0 unspecified atom stereocenters. The molecule has 2 aliphatic heterocycles. The molecule has 0 atom stereocenters. The monoisotopic (exact) mass is 415 g/mol. The number of cyclic esters (lactones) is 1. The molecular weight excluding hydrogens is 389 g/mol. The maximum atomic E-state index is 12.5. The fraction of sp³-hybridized carbons (Fsp3) is 0.632. The molecule has 1 spiro atoms. The Labute approximate surface area is 171 Å². The van der Waals surface area contributed by atoms with E-state index in [1.54, 1.807) is 21.7 Å². The minimum Gasteiger partial charge on any atom is -0.465 e. The lowest BCUT2D eigenvalue weighted by Crippen LogP contribution is -2.44. The van der Waals surface area contributed by atoms with Crippen molar-refractivity contribution in [2.24, 2.45) is 5.41 Å². The number of rotatable bonds is 5. The van der Waals surface area contributed by atoms with E-state index >= 15 is 0 Å². The summed E-state index contributed by atoms with van der Waals surface area (Å²) >= 11 is 6.41. The van der Waals surface area contributed by atoms with Crippen LogP contribution in [0.5, 0.6) is 0 Å². The first-order valence-electron chi connectivity index (χ1n) is 9.34. The number of amides is 1. The van der Waals surface area contributed by atoms with Gasteiger partial charge in [0.2, 0.25) is 5.91 Å². The fourth-order valence-electron chi connectivity index (χ4n) is 3.68. The van der Waals surface area contributed by atoms with Crippen molar-refractivity contribution in [1.29, 1.82) is 0 Å². The molecule has 1 aromatic heterocycles. The van der Waals surface area contributed by atoms with E-state index in [9.17, 15) is 9.59 Å². The van der Waals surface area contributed by atoms with Gasteiger partial charge in [-0.05, 0) is 38.7 Å². The maximum Gasteiger partial charge on any atom is 0.312 e. The van der Waals surface area contributed by atoms with Crippen molar-refractivity contribution in [3.63, 3.8) is 0 Å². The SMILES string of the molecule is CCCCn1nc(C)c(/C=C/C(=O)N2CCC3(CCOC3=O)CC2)c1Cl.Cl. The minimum absolute atomic E-state index is 0. The Morgan fingerprint density at radius 1 is 1.33 bits per heavy atom. The Hall–Kier alpha value is -1.53. The summed E-state index contributed by atoms with van der Waals surface area (Å²) in [6.45, 7) is 6.48.